The van der Waals surface area contributed by atoms with Crippen molar-refractivity contribution in [3.63, 3.8) is 0 Å². The standard InChI is InChI=1S/C16H25N3O4S/c1-10(2)6-19(7-11(3)4)14(21)8-23-15(22)13-9-24-16(18-13)17-12(5)20/h9-11H,6-8H2,1-5H3,(H,17,18,20). The molecule has 0 saturated carbocycles. The second kappa shape index (κ2) is 9.36. The molecule has 0 bridgehead atoms. The van der Waals surface area contributed by atoms with Crippen LogP contribution in [0.15, 0.2) is 5.38 Å². The molecule has 0 radical (unpaired) electrons. The molecule has 8 heteroatoms. The molecule has 1 rings (SSSR count). The summed E-state index contributed by atoms with van der Waals surface area (Å²) in [5.74, 6) is -0.491. The molecule has 1 N–H and O–H groups in total. The first-order valence-corrected chi connectivity index (χ1v) is 8.75. The van der Waals surface area contributed by atoms with Crippen LogP contribution in [0.25, 0.3) is 0 Å². The molecule has 0 aliphatic heterocycles. The van der Waals surface area contributed by atoms with Gasteiger partial charge >= 0.3 is 5.97 Å². The van der Waals surface area contributed by atoms with Crippen LogP contribution >= 0.6 is 11.3 Å². The average molecular weight is 355 g/mol. The molecule has 0 aliphatic carbocycles. The van der Waals surface area contributed by atoms with Crippen LogP contribution < -0.4 is 5.32 Å². The zero-order chi connectivity index (χ0) is 18.3. The van der Waals surface area contributed by atoms with E-state index in [4.69, 9.17) is 4.74 Å². The number of amides is 2. The van der Waals surface area contributed by atoms with E-state index in [9.17, 15) is 14.4 Å². The van der Waals surface area contributed by atoms with Crippen LogP contribution in [0.1, 0.15) is 45.1 Å². The highest BCUT2D eigenvalue weighted by atomic mass is 32.1. The lowest BCUT2D eigenvalue weighted by molar-refractivity contribution is -0.135. The lowest BCUT2D eigenvalue weighted by atomic mass is 10.1. The van der Waals surface area contributed by atoms with E-state index in [1.165, 1.54) is 12.3 Å². The van der Waals surface area contributed by atoms with Crippen LogP contribution in [0.2, 0.25) is 0 Å². The van der Waals surface area contributed by atoms with Crippen molar-refractivity contribution in [1.29, 1.82) is 0 Å². The van der Waals surface area contributed by atoms with E-state index in [1.807, 2.05) is 27.7 Å². The van der Waals surface area contributed by atoms with Crippen molar-refractivity contribution in [3.05, 3.63) is 11.1 Å². The van der Waals surface area contributed by atoms with E-state index < -0.39 is 5.97 Å². The van der Waals surface area contributed by atoms with Gasteiger partial charge in [-0.1, -0.05) is 27.7 Å². The summed E-state index contributed by atoms with van der Waals surface area (Å²) >= 11 is 1.12. The van der Waals surface area contributed by atoms with Gasteiger partial charge in [-0.3, -0.25) is 9.59 Å². The summed E-state index contributed by atoms with van der Waals surface area (Å²) in [7, 11) is 0. The molecule has 0 spiro atoms. The minimum absolute atomic E-state index is 0.0795. The number of anilines is 1. The van der Waals surface area contributed by atoms with Gasteiger partial charge in [0.1, 0.15) is 0 Å². The summed E-state index contributed by atoms with van der Waals surface area (Å²) in [4.78, 5) is 40.8. The van der Waals surface area contributed by atoms with E-state index in [0.717, 1.165) is 11.3 Å². The first-order valence-electron chi connectivity index (χ1n) is 7.87. The lowest BCUT2D eigenvalue weighted by Gasteiger charge is -2.26. The third-order valence-corrected chi connectivity index (χ3v) is 3.60. The topological polar surface area (TPSA) is 88.6 Å². The number of hydrogen-bond acceptors (Lipinski definition) is 6. The van der Waals surface area contributed by atoms with Gasteiger partial charge in [-0.25, -0.2) is 9.78 Å². The maximum atomic E-state index is 12.3. The molecule has 0 aliphatic rings. The van der Waals surface area contributed by atoms with Crippen LogP contribution in [-0.4, -0.2) is 47.4 Å². The number of hydrogen-bond donors (Lipinski definition) is 1. The normalized spacial score (nSPS) is 10.8. The number of thiazole rings is 1. The SMILES string of the molecule is CC(=O)Nc1nc(C(=O)OCC(=O)N(CC(C)C)CC(C)C)cs1. The van der Waals surface area contributed by atoms with E-state index in [1.54, 1.807) is 4.90 Å². The highest BCUT2D eigenvalue weighted by molar-refractivity contribution is 7.14. The Labute approximate surface area is 146 Å². The van der Waals surface area contributed by atoms with Gasteiger partial charge in [-0.05, 0) is 11.8 Å². The Morgan fingerprint density at radius 3 is 2.29 bits per heavy atom. The molecule has 24 heavy (non-hydrogen) atoms. The first kappa shape index (κ1) is 20.1. The molecule has 7 nitrogen and oxygen atoms in total. The molecule has 0 saturated heterocycles. The summed E-state index contributed by atoms with van der Waals surface area (Å²) < 4.78 is 5.05. The third kappa shape index (κ3) is 7.08. The number of carbonyl (C=O) groups excluding carboxylic acids is 3. The first-order chi connectivity index (χ1) is 11.2. The Hall–Kier alpha value is -1.96. The summed E-state index contributed by atoms with van der Waals surface area (Å²) in [5.41, 5.74) is 0.0795. The van der Waals surface area contributed by atoms with Crippen LogP contribution in [0.3, 0.4) is 0 Å². The quantitative estimate of drug-likeness (QED) is 0.723. The maximum Gasteiger partial charge on any atom is 0.358 e. The van der Waals surface area contributed by atoms with Gasteiger partial charge in [0.15, 0.2) is 17.4 Å². The average Bonchev–Trinajstić information content (AvgIpc) is 2.90. The highest BCUT2D eigenvalue weighted by Gasteiger charge is 2.19. The Bertz CT molecular complexity index is 574. The number of rotatable bonds is 8. The molecule has 1 aromatic rings. The fraction of sp³-hybridized carbons (Fsp3) is 0.625. The molecule has 0 aromatic carbocycles. The minimum atomic E-state index is -0.676. The number of ether oxygens (including phenoxy) is 1. The smallest absolute Gasteiger partial charge is 0.358 e. The largest absolute Gasteiger partial charge is 0.451 e. The summed E-state index contributed by atoms with van der Waals surface area (Å²) in [5, 5.41) is 4.30. The second-order valence-corrected chi connectivity index (χ2v) is 7.24. The molecule has 2 amide bonds. The number of nitrogens with one attached hydrogen (secondary N) is 1. The second-order valence-electron chi connectivity index (χ2n) is 6.38. The van der Waals surface area contributed by atoms with Gasteiger partial charge in [0.25, 0.3) is 5.91 Å². The zero-order valence-electron chi connectivity index (χ0n) is 14.8. The van der Waals surface area contributed by atoms with Gasteiger partial charge in [0, 0.05) is 25.4 Å². The van der Waals surface area contributed by atoms with E-state index >= 15 is 0 Å². The van der Waals surface area contributed by atoms with Gasteiger partial charge < -0.3 is 15.0 Å². The Morgan fingerprint density at radius 2 is 1.79 bits per heavy atom. The molecule has 0 fully saturated rings. The highest BCUT2D eigenvalue weighted by Crippen LogP contribution is 2.16. The molecular weight excluding hydrogens is 330 g/mol. The van der Waals surface area contributed by atoms with Crippen LogP contribution in [-0.2, 0) is 14.3 Å². The van der Waals surface area contributed by atoms with E-state index in [2.05, 4.69) is 10.3 Å². The molecular formula is C16H25N3O4S. The van der Waals surface area contributed by atoms with Gasteiger partial charge in [0.2, 0.25) is 5.91 Å². The predicted octanol–water partition coefficient (Wildman–Crippen LogP) is 2.40. The molecule has 0 atom stereocenters. The molecule has 1 heterocycles. The van der Waals surface area contributed by atoms with Crippen molar-refractivity contribution in [2.24, 2.45) is 11.8 Å². The van der Waals surface area contributed by atoms with Crippen LogP contribution in [0, 0.1) is 11.8 Å². The van der Waals surface area contributed by atoms with Crippen molar-refractivity contribution >= 4 is 34.3 Å². The Balaban J connectivity index is 2.58. The van der Waals surface area contributed by atoms with Crippen molar-refractivity contribution in [2.75, 3.05) is 25.0 Å². The fourth-order valence-electron chi connectivity index (χ4n) is 2.03. The number of nitrogens with zero attached hydrogens (tertiary/aromatic N) is 2. The maximum absolute atomic E-state index is 12.3. The summed E-state index contributed by atoms with van der Waals surface area (Å²) in [6.45, 7) is 10.4. The van der Waals surface area contributed by atoms with Crippen LogP contribution in [0.5, 0.6) is 0 Å². The number of aromatic nitrogens is 1. The van der Waals surface area contributed by atoms with E-state index in [0.29, 0.717) is 30.1 Å². The minimum Gasteiger partial charge on any atom is -0.451 e. The Kier molecular flexibility index (Phi) is 7.84. The van der Waals surface area contributed by atoms with Crippen molar-refractivity contribution in [3.8, 4) is 0 Å². The fourth-order valence-corrected chi connectivity index (χ4v) is 2.75. The van der Waals surface area contributed by atoms with E-state index in [-0.39, 0.29) is 24.1 Å². The summed E-state index contributed by atoms with van der Waals surface area (Å²) in [6, 6.07) is 0. The van der Waals surface area contributed by atoms with Gasteiger partial charge in [0.05, 0.1) is 0 Å². The number of carbonyl (C=O) groups is 3. The van der Waals surface area contributed by atoms with Crippen LogP contribution in [0.4, 0.5) is 5.13 Å². The van der Waals surface area contributed by atoms with Gasteiger partial charge in [-0.15, -0.1) is 11.3 Å². The van der Waals surface area contributed by atoms with Gasteiger partial charge in [-0.2, -0.15) is 0 Å². The lowest BCUT2D eigenvalue weighted by Crippen LogP contribution is -2.39. The third-order valence-electron chi connectivity index (χ3n) is 2.85. The predicted molar refractivity (Wildman–Crippen MR) is 93.0 cm³/mol. The molecule has 1 aromatic heterocycles. The van der Waals surface area contributed by atoms with Crippen molar-refractivity contribution in [2.45, 2.75) is 34.6 Å². The van der Waals surface area contributed by atoms with Crippen molar-refractivity contribution < 1.29 is 19.1 Å². The summed E-state index contributed by atoms with van der Waals surface area (Å²) in [6.07, 6.45) is 0. The molecule has 0 unspecified atom stereocenters. The zero-order valence-corrected chi connectivity index (χ0v) is 15.6. The molecule has 134 valence electrons. The van der Waals surface area contributed by atoms with Crippen molar-refractivity contribution in [1.82, 2.24) is 9.88 Å². The number of esters is 1. The monoisotopic (exact) mass is 355 g/mol. The Morgan fingerprint density at radius 1 is 1.21 bits per heavy atom.